The normalized spacial score (nSPS) is 29.9. The number of nitrogens with two attached hydrogens (primary N) is 2. The maximum Gasteiger partial charge on any atom is 0.334 e. The van der Waals surface area contributed by atoms with Crippen LogP contribution in [0.15, 0.2) is 12.7 Å². The molecule has 1 aliphatic heterocycles. The summed E-state index contributed by atoms with van der Waals surface area (Å²) in [6.45, 7) is 0. The minimum atomic E-state index is -1.30. The Balaban J connectivity index is 2.04. The molecule has 20 heavy (non-hydrogen) atoms. The average molecular weight is 280 g/mol. The maximum atomic E-state index is 11.0. The van der Waals surface area contributed by atoms with Crippen molar-refractivity contribution < 1.29 is 19.7 Å². The van der Waals surface area contributed by atoms with Crippen LogP contribution in [0.2, 0.25) is 0 Å². The van der Waals surface area contributed by atoms with Crippen LogP contribution in [0, 0.1) is 0 Å². The zero-order valence-corrected chi connectivity index (χ0v) is 10.1. The number of rotatable bonds is 2. The molecule has 6 N–H and O–H groups in total. The topological polar surface area (TPSA) is 162 Å². The predicted molar refractivity (Wildman–Crippen MR) is 65.3 cm³/mol. The number of fused-ring (bicyclic) bond motifs is 1. The average Bonchev–Trinajstić information content (AvgIpc) is 2.94. The number of carboxylic acid groups (broad SMARTS) is 1. The number of aliphatic hydroxyl groups excluding tert-OH is 1. The summed E-state index contributed by atoms with van der Waals surface area (Å²) in [5.41, 5.74) is 12.0. The van der Waals surface area contributed by atoms with E-state index >= 15 is 0 Å². The Morgan fingerprint density at radius 2 is 2.15 bits per heavy atom. The fraction of sp³-hybridized carbons (Fsp3) is 0.400. The molecule has 0 unspecified atom stereocenters. The Kier molecular flexibility index (Phi) is 2.78. The first kappa shape index (κ1) is 12.7. The van der Waals surface area contributed by atoms with Crippen LogP contribution >= 0.6 is 0 Å². The monoisotopic (exact) mass is 280 g/mol. The number of nitrogen functional groups attached to an aromatic ring is 1. The molecule has 1 aliphatic rings. The van der Waals surface area contributed by atoms with Crippen molar-refractivity contribution in [3.63, 3.8) is 0 Å². The van der Waals surface area contributed by atoms with E-state index in [1.54, 1.807) is 0 Å². The molecular formula is C10H12N6O4. The molecule has 0 saturated carbocycles. The van der Waals surface area contributed by atoms with Crippen molar-refractivity contribution >= 4 is 23.0 Å². The smallest absolute Gasteiger partial charge is 0.334 e. The van der Waals surface area contributed by atoms with Gasteiger partial charge in [0.1, 0.15) is 17.9 Å². The molecular weight excluding hydrogens is 268 g/mol. The molecule has 3 rings (SSSR count). The van der Waals surface area contributed by atoms with Crippen LogP contribution in [-0.4, -0.2) is 54.0 Å². The number of nitrogens with zero attached hydrogens (tertiary/aromatic N) is 4. The second-order valence-electron chi connectivity index (χ2n) is 4.44. The number of aliphatic hydroxyl groups is 1. The molecule has 1 fully saturated rings. The van der Waals surface area contributed by atoms with Crippen LogP contribution in [0.4, 0.5) is 5.82 Å². The molecule has 0 bridgehead atoms. The quantitative estimate of drug-likeness (QED) is 0.491. The first-order valence-corrected chi connectivity index (χ1v) is 5.75. The van der Waals surface area contributed by atoms with Crippen LogP contribution in [0.5, 0.6) is 0 Å². The summed E-state index contributed by atoms with van der Waals surface area (Å²) in [5, 5.41) is 19.0. The van der Waals surface area contributed by atoms with Crippen LogP contribution in [-0.2, 0) is 9.53 Å². The summed E-state index contributed by atoms with van der Waals surface area (Å²) in [5.74, 6) is -1.06. The summed E-state index contributed by atoms with van der Waals surface area (Å²) < 4.78 is 6.68. The van der Waals surface area contributed by atoms with Gasteiger partial charge >= 0.3 is 5.97 Å². The fourth-order valence-corrected chi connectivity index (χ4v) is 2.20. The molecule has 2 aromatic rings. The van der Waals surface area contributed by atoms with E-state index in [-0.39, 0.29) is 5.82 Å². The third kappa shape index (κ3) is 1.70. The van der Waals surface area contributed by atoms with Gasteiger partial charge in [-0.05, 0) is 0 Å². The first-order valence-electron chi connectivity index (χ1n) is 5.75. The summed E-state index contributed by atoms with van der Waals surface area (Å²) in [4.78, 5) is 22.8. The Bertz CT molecular complexity index is 673. The lowest BCUT2D eigenvalue weighted by Gasteiger charge is -2.16. The van der Waals surface area contributed by atoms with Gasteiger partial charge in [0.15, 0.2) is 23.8 Å². The van der Waals surface area contributed by atoms with Gasteiger partial charge in [-0.3, -0.25) is 4.57 Å². The minimum absolute atomic E-state index is 0.181. The van der Waals surface area contributed by atoms with Crippen molar-refractivity contribution in [2.24, 2.45) is 5.73 Å². The number of aliphatic carboxylic acids is 1. The van der Waals surface area contributed by atoms with Crippen molar-refractivity contribution in [1.82, 2.24) is 19.5 Å². The third-order valence-electron chi connectivity index (χ3n) is 3.23. The minimum Gasteiger partial charge on any atom is -0.479 e. The van der Waals surface area contributed by atoms with Gasteiger partial charge in [0.05, 0.1) is 12.4 Å². The molecule has 0 aromatic carbocycles. The van der Waals surface area contributed by atoms with E-state index in [1.807, 2.05) is 0 Å². The second kappa shape index (κ2) is 4.37. The van der Waals surface area contributed by atoms with E-state index < -0.39 is 30.4 Å². The maximum absolute atomic E-state index is 11.0. The molecule has 106 valence electrons. The van der Waals surface area contributed by atoms with Crippen LogP contribution in [0.3, 0.4) is 0 Å². The van der Waals surface area contributed by atoms with Gasteiger partial charge in [0.25, 0.3) is 0 Å². The molecule has 0 amide bonds. The first-order chi connectivity index (χ1) is 9.50. The number of ether oxygens (including phenoxy) is 1. The zero-order chi connectivity index (χ0) is 14.4. The summed E-state index contributed by atoms with van der Waals surface area (Å²) in [6.07, 6.45) is -0.909. The Morgan fingerprint density at radius 3 is 2.80 bits per heavy atom. The van der Waals surface area contributed by atoms with Gasteiger partial charge in [0, 0.05) is 0 Å². The molecule has 0 spiro atoms. The van der Waals surface area contributed by atoms with Crippen molar-refractivity contribution in [3.05, 3.63) is 12.7 Å². The summed E-state index contributed by atoms with van der Waals surface area (Å²) >= 11 is 0. The molecule has 10 heteroatoms. The van der Waals surface area contributed by atoms with Gasteiger partial charge in [-0.15, -0.1) is 0 Å². The van der Waals surface area contributed by atoms with Gasteiger partial charge in [-0.1, -0.05) is 0 Å². The molecule has 2 aromatic heterocycles. The lowest BCUT2D eigenvalue weighted by molar-refractivity contribution is -0.152. The molecule has 1 saturated heterocycles. The Labute approximate surface area is 112 Å². The second-order valence-corrected chi connectivity index (χ2v) is 4.44. The van der Waals surface area contributed by atoms with Crippen molar-refractivity contribution in [1.29, 1.82) is 0 Å². The van der Waals surface area contributed by atoms with Crippen LogP contribution in [0.1, 0.15) is 6.23 Å². The third-order valence-corrected chi connectivity index (χ3v) is 3.23. The van der Waals surface area contributed by atoms with Crippen LogP contribution < -0.4 is 11.5 Å². The van der Waals surface area contributed by atoms with Gasteiger partial charge < -0.3 is 26.4 Å². The highest BCUT2D eigenvalue weighted by atomic mass is 16.6. The molecule has 4 atom stereocenters. The van der Waals surface area contributed by atoms with Crippen molar-refractivity contribution in [2.75, 3.05) is 5.73 Å². The van der Waals surface area contributed by atoms with E-state index in [0.717, 1.165) is 0 Å². The molecule has 0 radical (unpaired) electrons. The highest BCUT2D eigenvalue weighted by Gasteiger charge is 2.46. The summed E-state index contributed by atoms with van der Waals surface area (Å²) in [7, 11) is 0. The van der Waals surface area contributed by atoms with E-state index in [0.29, 0.717) is 11.2 Å². The van der Waals surface area contributed by atoms with E-state index in [4.69, 9.17) is 21.3 Å². The zero-order valence-electron chi connectivity index (χ0n) is 10.1. The Hall–Kier alpha value is -2.30. The highest BCUT2D eigenvalue weighted by molar-refractivity contribution is 5.81. The SMILES string of the molecule is Nc1ncnc2c1ncn2[C@@H]1O[C@H](C(=O)O)[C@@H](N)[C@H]1O. The number of imidazole rings is 1. The predicted octanol–water partition coefficient (Wildman–Crippen LogP) is -1.92. The largest absolute Gasteiger partial charge is 0.479 e. The van der Waals surface area contributed by atoms with E-state index in [9.17, 15) is 9.90 Å². The summed E-state index contributed by atoms with van der Waals surface area (Å²) in [6, 6.07) is -1.05. The van der Waals surface area contributed by atoms with Crippen molar-refractivity contribution in [3.8, 4) is 0 Å². The number of carboxylic acids is 1. The van der Waals surface area contributed by atoms with Crippen LogP contribution in [0.25, 0.3) is 11.2 Å². The fourth-order valence-electron chi connectivity index (χ4n) is 2.20. The lowest BCUT2D eigenvalue weighted by atomic mass is 10.1. The molecule has 3 heterocycles. The van der Waals surface area contributed by atoms with Crippen molar-refractivity contribution in [2.45, 2.75) is 24.5 Å². The lowest BCUT2D eigenvalue weighted by Crippen LogP contribution is -2.43. The van der Waals surface area contributed by atoms with Gasteiger partial charge in [0.2, 0.25) is 0 Å². The highest BCUT2D eigenvalue weighted by Crippen LogP contribution is 2.31. The number of aromatic nitrogens is 4. The standard InChI is InChI=1S/C10H12N6O4/c11-3-5(17)9(20-6(3)10(18)19)16-2-15-4-7(12)13-1-14-8(4)16/h1-3,5-6,9,17H,11H2,(H,18,19)(H2,12,13,14)/t3-,5+,6-,9+/m0/s1. The number of anilines is 1. The molecule has 0 aliphatic carbocycles. The van der Waals surface area contributed by atoms with E-state index in [1.165, 1.54) is 17.2 Å². The Morgan fingerprint density at radius 1 is 1.40 bits per heavy atom. The van der Waals surface area contributed by atoms with E-state index in [2.05, 4.69) is 15.0 Å². The van der Waals surface area contributed by atoms with Gasteiger partial charge in [-0.2, -0.15) is 0 Å². The molecule has 10 nitrogen and oxygen atoms in total. The number of carbonyl (C=O) groups is 1. The number of hydrogen-bond acceptors (Lipinski definition) is 8. The number of hydrogen-bond donors (Lipinski definition) is 4. The van der Waals surface area contributed by atoms with Gasteiger partial charge in [-0.25, -0.2) is 19.7 Å².